The lowest BCUT2D eigenvalue weighted by Gasteiger charge is -2.25. The van der Waals surface area contributed by atoms with Crippen molar-refractivity contribution in [1.29, 1.82) is 0 Å². The van der Waals surface area contributed by atoms with Crippen LogP contribution in [0.25, 0.3) is 0 Å². The van der Waals surface area contributed by atoms with Crippen molar-refractivity contribution in [1.82, 2.24) is 0 Å². The van der Waals surface area contributed by atoms with E-state index in [-0.39, 0.29) is 0 Å². The third kappa shape index (κ3) is 3.91. The lowest BCUT2D eigenvalue weighted by atomic mass is 10.2. The first kappa shape index (κ1) is 14.6. The maximum absolute atomic E-state index is 12.2. The summed E-state index contributed by atoms with van der Waals surface area (Å²) < 4.78 is 103. The van der Waals surface area contributed by atoms with Gasteiger partial charge in [0.15, 0.2) is 0 Å². The van der Waals surface area contributed by atoms with E-state index in [1.807, 2.05) is 0 Å². The van der Waals surface area contributed by atoms with Gasteiger partial charge in [-0.25, -0.2) is 13.0 Å². The van der Waals surface area contributed by atoms with E-state index in [0.717, 1.165) is 0 Å². The molecule has 0 amide bonds. The second kappa shape index (κ2) is 4.61. The summed E-state index contributed by atoms with van der Waals surface area (Å²) in [5.74, 6) is -5.60. The standard InChI is InChI=1S/C4H3F7O3S/c5-2(6)3(7,8)1(4(9,10)11)14-15(12)13/h1-2H,(H,12,13). The third-order valence-corrected chi connectivity index (χ3v) is 1.47. The molecule has 2 unspecified atom stereocenters. The van der Waals surface area contributed by atoms with Crippen molar-refractivity contribution in [3.05, 3.63) is 0 Å². The predicted octanol–water partition coefficient (Wildman–Crippen LogP) is 1.97. The molecule has 0 bridgehead atoms. The van der Waals surface area contributed by atoms with E-state index in [1.165, 1.54) is 0 Å². The van der Waals surface area contributed by atoms with Crippen molar-refractivity contribution in [2.75, 3.05) is 0 Å². The van der Waals surface area contributed by atoms with Crippen molar-refractivity contribution < 1.29 is 43.7 Å². The smallest absolute Gasteiger partial charge is 0.284 e. The Morgan fingerprint density at radius 2 is 1.53 bits per heavy atom. The Kier molecular flexibility index (Phi) is 4.49. The molecule has 3 nitrogen and oxygen atoms in total. The van der Waals surface area contributed by atoms with Crippen molar-refractivity contribution >= 4 is 11.4 Å². The molecule has 92 valence electrons. The molecular weight excluding hydrogens is 261 g/mol. The highest BCUT2D eigenvalue weighted by molar-refractivity contribution is 7.74. The molecule has 1 N–H and O–H groups in total. The van der Waals surface area contributed by atoms with Gasteiger partial charge in [0.25, 0.3) is 0 Å². The van der Waals surface area contributed by atoms with Gasteiger partial charge in [0.2, 0.25) is 6.10 Å². The predicted molar refractivity (Wildman–Crippen MR) is 32.7 cm³/mol. The summed E-state index contributed by atoms with van der Waals surface area (Å²) in [5.41, 5.74) is 0. The summed E-state index contributed by atoms with van der Waals surface area (Å²) in [5, 5.41) is 0. The summed E-state index contributed by atoms with van der Waals surface area (Å²) in [6.07, 6.45) is -14.9. The summed E-state index contributed by atoms with van der Waals surface area (Å²) in [7, 11) is 0. The first-order valence-corrected chi connectivity index (χ1v) is 4.03. The molecule has 0 heterocycles. The fourth-order valence-electron chi connectivity index (χ4n) is 0.534. The number of hydrogen-bond acceptors (Lipinski definition) is 2. The van der Waals surface area contributed by atoms with Gasteiger partial charge in [0, 0.05) is 0 Å². The Balaban J connectivity index is 5.02. The zero-order valence-corrected chi connectivity index (χ0v) is 7.29. The molecule has 0 aromatic carbocycles. The van der Waals surface area contributed by atoms with Crippen LogP contribution in [-0.4, -0.2) is 33.4 Å². The third-order valence-electron chi connectivity index (χ3n) is 1.12. The minimum Gasteiger partial charge on any atom is -0.284 e. The molecule has 0 aromatic heterocycles. The van der Waals surface area contributed by atoms with E-state index in [9.17, 15) is 34.9 Å². The van der Waals surface area contributed by atoms with E-state index in [0.29, 0.717) is 0 Å². The van der Waals surface area contributed by atoms with Crippen LogP contribution < -0.4 is 0 Å². The van der Waals surface area contributed by atoms with Crippen LogP contribution in [0.3, 0.4) is 0 Å². The minimum atomic E-state index is -5.89. The lowest BCUT2D eigenvalue weighted by molar-refractivity contribution is -0.287. The zero-order valence-electron chi connectivity index (χ0n) is 6.47. The summed E-state index contributed by atoms with van der Waals surface area (Å²) in [4.78, 5) is 0. The first-order valence-electron chi connectivity index (χ1n) is 3.00. The molecule has 0 saturated carbocycles. The van der Waals surface area contributed by atoms with Crippen LogP contribution >= 0.6 is 0 Å². The Hall–Kier alpha value is -0.420. The zero-order chi connectivity index (χ0) is 12.4. The van der Waals surface area contributed by atoms with E-state index in [1.54, 1.807) is 0 Å². The quantitative estimate of drug-likeness (QED) is 0.623. The SMILES string of the molecule is O=S(O)OC(C(F)(F)F)C(F)(F)C(F)F. The average Bonchev–Trinajstić information content (AvgIpc) is 1.97. The van der Waals surface area contributed by atoms with Crippen LogP contribution in [0.5, 0.6) is 0 Å². The van der Waals surface area contributed by atoms with Gasteiger partial charge < -0.3 is 0 Å². The van der Waals surface area contributed by atoms with Crippen LogP contribution in [0.2, 0.25) is 0 Å². The second-order valence-electron chi connectivity index (χ2n) is 2.21. The Labute approximate surface area is 80.7 Å². The van der Waals surface area contributed by atoms with Gasteiger partial charge >= 0.3 is 29.9 Å². The molecule has 0 saturated heterocycles. The van der Waals surface area contributed by atoms with Gasteiger partial charge in [-0.05, 0) is 0 Å². The Morgan fingerprint density at radius 1 is 1.13 bits per heavy atom. The van der Waals surface area contributed by atoms with Crippen LogP contribution in [0.15, 0.2) is 0 Å². The Morgan fingerprint density at radius 3 is 1.73 bits per heavy atom. The minimum absolute atomic E-state index is 2.81. The van der Waals surface area contributed by atoms with Gasteiger partial charge in [0.05, 0.1) is 0 Å². The molecule has 0 spiro atoms. The highest BCUT2D eigenvalue weighted by Gasteiger charge is 2.63. The summed E-state index contributed by atoms with van der Waals surface area (Å²) in [6, 6.07) is 0. The van der Waals surface area contributed by atoms with E-state index in [2.05, 4.69) is 4.18 Å². The molecule has 0 aliphatic carbocycles. The summed E-state index contributed by atoms with van der Waals surface area (Å²) in [6.45, 7) is 0. The topological polar surface area (TPSA) is 46.5 Å². The molecule has 0 aliphatic rings. The maximum atomic E-state index is 12.2. The van der Waals surface area contributed by atoms with Crippen molar-refractivity contribution in [2.24, 2.45) is 0 Å². The van der Waals surface area contributed by atoms with Gasteiger partial charge in [-0.1, -0.05) is 0 Å². The molecular formula is C4H3F7O3S. The highest BCUT2D eigenvalue weighted by Crippen LogP contribution is 2.38. The maximum Gasteiger partial charge on any atom is 0.422 e. The van der Waals surface area contributed by atoms with E-state index >= 15 is 0 Å². The normalized spacial score (nSPS) is 17.9. The second-order valence-corrected chi connectivity index (χ2v) is 2.84. The first-order chi connectivity index (χ1) is 6.49. The van der Waals surface area contributed by atoms with E-state index < -0.39 is 36.0 Å². The van der Waals surface area contributed by atoms with Crippen molar-refractivity contribution in [2.45, 2.75) is 24.6 Å². The average molecular weight is 264 g/mol. The molecule has 0 aliphatic heterocycles. The van der Waals surface area contributed by atoms with Crippen LogP contribution in [0.1, 0.15) is 0 Å². The molecule has 0 radical (unpaired) electrons. The highest BCUT2D eigenvalue weighted by atomic mass is 32.2. The van der Waals surface area contributed by atoms with Gasteiger partial charge in [-0.15, -0.1) is 0 Å². The molecule has 11 heteroatoms. The van der Waals surface area contributed by atoms with Crippen molar-refractivity contribution in [3.63, 3.8) is 0 Å². The molecule has 15 heavy (non-hydrogen) atoms. The molecule has 0 rings (SSSR count). The number of hydrogen-bond donors (Lipinski definition) is 1. The molecule has 0 aromatic rings. The fourth-order valence-corrected chi connectivity index (χ4v) is 0.936. The number of alkyl halides is 7. The fraction of sp³-hybridized carbons (Fsp3) is 1.00. The van der Waals surface area contributed by atoms with Crippen LogP contribution in [0, 0.1) is 0 Å². The number of rotatable bonds is 4. The largest absolute Gasteiger partial charge is 0.422 e. The molecule has 2 atom stereocenters. The van der Waals surface area contributed by atoms with Gasteiger partial charge in [-0.3, -0.25) is 4.55 Å². The van der Waals surface area contributed by atoms with Crippen LogP contribution in [0.4, 0.5) is 30.7 Å². The molecule has 0 fully saturated rings. The Bertz CT molecular complexity index is 239. The monoisotopic (exact) mass is 264 g/mol. The van der Waals surface area contributed by atoms with Crippen molar-refractivity contribution in [3.8, 4) is 0 Å². The van der Waals surface area contributed by atoms with Gasteiger partial charge in [-0.2, -0.15) is 26.2 Å². The summed E-state index contributed by atoms with van der Waals surface area (Å²) >= 11 is -3.74. The van der Waals surface area contributed by atoms with Gasteiger partial charge in [0.1, 0.15) is 0 Å². The number of halogens is 7. The van der Waals surface area contributed by atoms with E-state index in [4.69, 9.17) is 4.55 Å². The van der Waals surface area contributed by atoms with Crippen LogP contribution in [-0.2, 0) is 15.5 Å². The lowest BCUT2D eigenvalue weighted by Crippen LogP contribution is -2.51.